The summed E-state index contributed by atoms with van der Waals surface area (Å²) >= 11 is 0. The number of ether oxygens (including phenoxy) is 1. The number of aryl methyl sites for hydroxylation is 1. The molecule has 21 heavy (non-hydrogen) atoms. The number of fused-ring (bicyclic) bond motifs is 2. The van der Waals surface area contributed by atoms with E-state index in [1.807, 2.05) is 6.20 Å². The van der Waals surface area contributed by atoms with E-state index in [9.17, 15) is 0 Å². The van der Waals surface area contributed by atoms with Crippen LogP contribution in [0.5, 0.6) is 0 Å². The summed E-state index contributed by atoms with van der Waals surface area (Å²) < 4.78 is 5.96. The molecule has 3 rings (SSSR count). The number of morpholine rings is 1. The minimum absolute atomic E-state index is 0.425. The molecule has 2 atom stereocenters. The topological polar surface area (TPSA) is 37.4 Å². The lowest BCUT2D eigenvalue weighted by atomic mass is 10.1. The van der Waals surface area contributed by atoms with E-state index in [0.717, 1.165) is 31.9 Å². The molecule has 1 aromatic heterocycles. The van der Waals surface area contributed by atoms with Gasteiger partial charge >= 0.3 is 0 Å². The van der Waals surface area contributed by atoms with Crippen molar-refractivity contribution in [2.45, 2.75) is 52.4 Å². The van der Waals surface area contributed by atoms with Crippen molar-refractivity contribution in [1.82, 2.24) is 10.3 Å². The Balaban J connectivity index is 1.74. The van der Waals surface area contributed by atoms with Crippen molar-refractivity contribution < 1.29 is 4.74 Å². The summed E-state index contributed by atoms with van der Waals surface area (Å²) in [6.07, 6.45) is 5.32. The Morgan fingerprint density at radius 3 is 2.71 bits per heavy atom. The van der Waals surface area contributed by atoms with E-state index < -0.39 is 0 Å². The van der Waals surface area contributed by atoms with Gasteiger partial charge in [-0.15, -0.1) is 0 Å². The molecule has 1 aromatic rings. The molecular weight excluding hydrogens is 262 g/mol. The molecule has 2 aliphatic heterocycles. The Morgan fingerprint density at radius 1 is 1.33 bits per heavy atom. The molecule has 0 aromatic carbocycles. The normalized spacial score (nSPS) is 24.9. The summed E-state index contributed by atoms with van der Waals surface area (Å²) in [5.74, 6) is 0.672. The molecule has 0 spiro atoms. The van der Waals surface area contributed by atoms with Gasteiger partial charge in [-0.3, -0.25) is 4.98 Å². The number of nitrogens with one attached hydrogen (secondary N) is 1. The average molecular weight is 289 g/mol. The van der Waals surface area contributed by atoms with Crippen LogP contribution in [0, 0.1) is 12.8 Å². The molecule has 4 nitrogen and oxygen atoms in total. The number of anilines is 1. The SMILES string of the molecule is Cc1cc(N2CC3CCC(C2)O3)c(CNCC(C)C)cn1. The van der Waals surface area contributed by atoms with E-state index >= 15 is 0 Å². The number of pyridine rings is 1. The lowest BCUT2D eigenvalue weighted by Crippen LogP contribution is -2.43. The van der Waals surface area contributed by atoms with Gasteiger partial charge in [0.25, 0.3) is 0 Å². The lowest BCUT2D eigenvalue weighted by molar-refractivity contribution is 0.0304. The average Bonchev–Trinajstić information content (AvgIpc) is 2.78. The van der Waals surface area contributed by atoms with Crippen molar-refractivity contribution in [2.75, 3.05) is 24.5 Å². The zero-order valence-corrected chi connectivity index (χ0v) is 13.4. The summed E-state index contributed by atoms with van der Waals surface area (Å²) in [6, 6.07) is 2.23. The van der Waals surface area contributed by atoms with E-state index in [0.29, 0.717) is 18.1 Å². The fourth-order valence-electron chi connectivity index (χ4n) is 3.31. The number of hydrogen-bond acceptors (Lipinski definition) is 4. The number of aromatic nitrogens is 1. The first-order chi connectivity index (χ1) is 10.1. The van der Waals surface area contributed by atoms with Gasteiger partial charge in [-0.1, -0.05) is 13.8 Å². The largest absolute Gasteiger partial charge is 0.371 e. The molecule has 116 valence electrons. The van der Waals surface area contributed by atoms with Crippen LogP contribution in [-0.4, -0.2) is 36.8 Å². The van der Waals surface area contributed by atoms with Crippen LogP contribution < -0.4 is 10.2 Å². The lowest BCUT2D eigenvalue weighted by Gasteiger charge is -2.35. The van der Waals surface area contributed by atoms with Gasteiger partial charge in [0.1, 0.15) is 0 Å². The number of nitrogens with zero attached hydrogens (tertiary/aromatic N) is 2. The maximum atomic E-state index is 5.96. The molecule has 0 saturated carbocycles. The Labute approximate surface area is 127 Å². The summed E-state index contributed by atoms with van der Waals surface area (Å²) in [4.78, 5) is 6.99. The molecule has 3 heterocycles. The molecule has 0 radical (unpaired) electrons. The van der Waals surface area contributed by atoms with Gasteiger partial charge in [-0.25, -0.2) is 0 Å². The maximum Gasteiger partial charge on any atom is 0.0755 e. The molecule has 2 aliphatic rings. The minimum atomic E-state index is 0.425. The molecule has 2 saturated heterocycles. The zero-order chi connectivity index (χ0) is 14.8. The molecule has 1 N–H and O–H groups in total. The van der Waals surface area contributed by atoms with Gasteiger partial charge in [0.15, 0.2) is 0 Å². The summed E-state index contributed by atoms with van der Waals surface area (Å²) in [6.45, 7) is 10.5. The second-order valence-electron chi connectivity index (χ2n) is 6.84. The fourth-order valence-corrected chi connectivity index (χ4v) is 3.31. The first kappa shape index (κ1) is 14.8. The third kappa shape index (κ3) is 3.55. The monoisotopic (exact) mass is 289 g/mol. The third-order valence-corrected chi connectivity index (χ3v) is 4.35. The predicted molar refractivity (Wildman–Crippen MR) is 85.6 cm³/mol. The summed E-state index contributed by atoms with van der Waals surface area (Å²) in [7, 11) is 0. The van der Waals surface area contributed by atoms with Crippen molar-refractivity contribution in [3.63, 3.8) is 0 Å². The Hall–Kier alpha value is -1.13. The van der Waals surface area contributed by atoms with Gasteiger partial charge in [-0.05, 0) is 38.3 Å². The Bertz CT molecular complexity index is 477. The van der Waals surface area contributed by atoms with Crippen LogP contribution in [-0.2, 0) is 11.3 Å². The van der Waals surface area contributed by atoms with Crippen LogP contribution in [0.2, 0.25) is 0 Å². The fraction of sp³-hybridized carbons (Fsp3) is 0.706. The van der Waals surface area contributed by atoms with Crippen molar-refractivity contribution in [1.29, 1.82) is 0 Å². The minimum Gasteiger partial charge on any atom is -0.371 e. The Morgan fingerprint density at radius 2 is 2.05 bits per heavy atom. The highest BCUT2D eigenvalue weighted by molar-refractivity contribution is 5.54. The van der Waals surface area contributed by atoms with E-state index in [1.165, 1.54) is 24.1 Å². The number of rotatable bonds is 5. The quantitative estimate of drug-likeness (QED) is 0.904. The highest BCUT2D eigenvalue weighted by atomic mass is 16.5. The van der Waals surface area contributed by atoms with Crippen molar-refractivity contribution in [2.24, 2.45) is 5.92 Å². The third-order valence-electron chi connectivity index (χ3n) is 4.35. The van der Waals surface area contributed by atoms with Crippen LogP contribution in [0.15, 0.2) is 12.3 Å². The first-order valence-corrected chi connectivity index (χ1v) is 8.18. The van der Waals surface area contributed by atoms with Gasteiger partial charge in [0, 0.05) is 42.8 Å². The smallest absolute Gasteiger partial charge is 0.0755 e. The van der Waals surface area contributed by atoms with Crippen LogP contribution in [0.1, 0.15) is 37.9 Å². The number of hydrogen-bond donors (Lipinski definition) is 1. The molecular formula is C17H27N3O. The second-order valence-corrected chi connectivity index (χ2v) is 6.84. The maximum absolute atomic E-state index is 5.96. The highest BCUT2D eigenvalue weighted by Gasteiger charge is 2.34. The summed E-state index contributed by atoms with van der Waals surface area (Å²) in [5.41, 5.74) is 3.75. The van der Waals surface area contributed by atoms with Crippen LogP contribution >= 0.6 is 0 Å². The van der Waals surface area contributed by atoms with Crippen molar-refractivity contribution in [3.05, 3.63) is 23.5 Å². The van der Waals surface area contributed by atoms with E-state index in [1.54, 1.807) is 0 Å². The highest BCUT2D eigenvalue weighted by Crippen LogP contribution is 2.31. The zero-order valence-electron chi connectivity index (χ0n) is 13.4. The molecule has 2 fully saturated rings. The van der Waals surface area contributed by atoms with Crippen molar-refractivity contribution >= 4 is 5.69 Å². The van der Waals surface area contributed by atoms with E-state index in [2.05, 4.69) is 42.0 Å². The molecule has 2 unspecified atom stereocenters. The van der Waals surface area contributed by atoms with E-state index in [4.69, 9.17) is 4.74 Å². The second kappa shape index (κ2) is 6.32. The standard InChI is InChI=1S/C17H27N3O/c1-12(2)7-18-8-14-9-19-13(3)6-17(14)20-10-15-4-5-16(11-20)21-15/h6,9,12,15-16,18H,4-5,7-8,10-11H2,1-3H3. The van der Waals surface area contributed by atoms with Gasteiger partial charge in [0.05, 0.1) is 12.2 Å². The van der Waals surface area contributed by atoms with E-state index in [-0.39, 0.29) is 0 Å². The van der Waals surface area contributed by atoms with Crippen LogP contribution in [0.4, 0.5) is 5.69 Å². The predicted octanol–water partition coefficient (Wildman–Crippen LogP) is 2.50. The van der Waals surface area contributed by atoms with Crippen molar-refractivity contribution in [3.8, 4) is 0 Å². The molecule has 4 heteroatoms. The van der Waals surface area contributed by atoms with Crippen LogP contribution in [0.25, 0.3) is 0 Å². The van der Waals surface area contributed by atoms with Gasteiger partial charge in [0.2, 0.25) is 0 Å². The summed E-state index contributed by atoms with van der Waals surface area (Å²) in [5, 5.41) is 3.54. The van der Waals surface area contributed by atoms with Gasteiger partial charge < -0.3 is 15.0 Å². The molecule has 2 bridgehead atoms. The van der Waals surface area contributed by atoms with Crippen LogP contribution in [0.3, 0.4) is 0 Å². The molecule has 0 aliphatic carbocycles. The Kier molecular flexibility index (Phi) is 4.45. The molecule has 0 amide bonds. The van der Waals surface area contributed by atoms with Gasteiger partial charge in [-0.2, -0.15) is 0 Å². The first-order valence-electron chi connectivity index (χ1n) is 8.18.